The van der Waals surface area contributed by atoms with Gasteiger partial charge in [0.05, 0.1) is 6.61 Å². The molecule has 2 rings (SSSR count). The summed E-state index contributed by atoms with van der Waals surface area (Å²) in [6.07, 6.45) is 8.41. The van der Waals surface area contributed by atoms with Gasteiger partial charge in [-0.1, -0.05) is 37.0 Å². The molecule has 1 fully saturated rings. The first kappa shape index (κ1) is 16.7. The number of unbranched alkanes of at least 4 members (excludes halogenated alkanes) is 1. The van der Waals surface area contributed by atoms with Crippen LogP contribution >= 0.6 is 0 Å². The van der Waals surface area contributed by atoms with E-state index in [1.165, 1.54) is 37.7 Å². The molecule has 0 unspecified atom stereocenters. The molecule has 0 atom stereocenters. The summed E-state index contributed by atoms with van der Waals surface area (Å²) in [4.78, 5) is 4.40. The summed E-state index contributed by atoms with van der Waals surface area (Å²) in [6.45, 7) is 3.57. The number of nitrogens with zero attached hydrogens (tertiary/aromatic N) is 1. The van der Waals surface area contributed by atoms with Crippen molar-refractivity contribution >= 4 is 5.96 Å². The Morgan fingerprint density at radius 1 is 1.18 bits per heavy atom. The first-order valence-electron chi connectivity index (χ1n) is 8.50. The van der Waals surface area contributed by atoms with Crippen LogP contribution in [-0.2, 0) is 0 Å². The van der Waals surface area contributed by atoms with Crippen molar-refractivity contribution in [1.82, 2.24) is 5.32 Å². The molecule has 1 aromatic carbocycles. The number of guanidine groups is 1. The lowest BCUT2D eigenvalue weighted by atomic mass is 9.96. The molecule has 4 heteroatoms. The number of nitrogens with two attached hydrogens (primary N) is 1. The first-order chi connectivity index (χ1) is 10.7. The van der Waals surface area contributed by atoms with Gasteiger partial charge in [0.2, 0.25) is 0 Å². The molecule has 0 radical (unpaired) electrons. The number of aryl methyl sites for hydroxylation is 1. The lowest BCUT2D eigenvalue weighted by Gasteiger charge is -2.23. The summed E-state index contributed by atoms with van der Waals surface area (Å²) < 4.78 is 5.69. The molecular weight excluding hydrogens is 274 g/mol. The van der Waals surface area contributed by atoms with Crippen molar-refractivity contribution in [1.29, 1.82) is 0 Å². The maximum absolute atomic E-state index is 5.93. The van der Waals surface area contributed by atoms with E-state index in [0.717, 1.165) is 31.7 Å². The fourth-order valence-electron chi connectivity index (χ4n) is 2.74. The van der Waals surface area contributed by atoms with Gasteiger partial charge in [-0.05, 0) is 44.7 Å². The van der Waals surface area contributed by atoms with Gasteiger partial charge in [0, 0.05) is 12.6 Å². The number of benzene rings is 1. The van der Waals surface area contributed by atoms with Gasteiger partial charge in [-0.25, -0.2) is 0 Å². The van der Waals surface area contributed by atoms with E-state index in [9.17, 15) is 0 Å². The highest BCUT2D eigenvalue weighted by Gasteiger charge is 2.12. The fourth-order valence-corrected chi connectivity index (χ4v) is 2.74. The van der Waals surface area contributed by atoms with E-state index in [1.807, 2.05) is 12.1 Å². The molecule has 0 bridgehead atoms. The lowest BCUT2D eigenvalue weighted by molar-refractivity contribution is 0.308. The Morgan fingerprint density at radius 3 is 2.64 bits per heavy atom. The second-order valence-corrected chi connectivity index (χ2v) is 6.11. The third kappa shape index (κ3) is 6.37. The van der Waals surface area contributed by atoms with Crippen LogP contribution in [0, 0.1) is 6.92 Å². The van der Waals surface area contributed by atoms with Gasteiger partial charge >= 0.3 is 0 Å². The molecule has 0 spiro atoms. The molecule has 0 aromatic heterocycles. The summed E-state index contributed by atoms with van der Waals surface area (Å²) in [6, 6.07) is 8.69. The van der Waals surface area contributed by atoms with E-state index in [1.54, 1.807) is 0 Å². The Morgan fingerprint density at radius 2 is 1.91 bits per heavy atom. The topological polar surface area (TPSA) is 59.6 Å². The zero-order chi connectivity index (χ0) is 15.6. The Bertz CT molecular complexity index is 450. The molecule has 1 saturated carbocycles. The largest absolute Gasteiger partial charge is 0.494 e. The summed E-state index contributed by atoms with van der Waals surface area (Å²) >= 11 is 0. The molecule has 0 aliphatic heterocycles. The Hall–Kier alpha value is -1.71. The van der Waals surface area contributed by atoms with E-state index in [2.05, 4.69) is 29.4 Å². The highest BCUT2D eigenvalue weighted by molar-refractivity contribution is 5.78. The second-order valence-electron chi connectivity index (χ2n) is 6.11. The molecular formula is C18H29N3O. The molecule has 0 heterocycles. The summed E-state index contributed by atoms with van der Waals surface area (Å²) in [5, 5.41) is 3.34. The lowest BCUT2D eigenvalue weighted by Crippen LogP contribution is -2.41. The summed E-state index contributed by atoms with van der Waals surface area (Å²) in [5.74, 6) is 1.54. The van der Waals surface area contributed by atoms with Gasteiger partial charge < -0.3 is 15.8 Å². The third-order valence-electron chi connectivity index (χ3n) is 4.08. The minimum absolute atomic E-state index is 0.530. The zero-order valence-electron chi connectivity index (χ0n) is 13.7. The van der Waals surface area contributed by atoms with Crippen molar-refractivity contribution in [2.24, 2.45) is 10.7 Å². The standard InChI is InChI=1S/C18H29N3O/c1-15-9-11-17(12-10-15)22-14-6-5-13-20-18(19)21-16-7-3-2-4-8-16/h9-12,16H,2-8,13-14H2,1H3,(H3,19,20,21). The van der Waals surface area contributed by atoms with Gasteiger partial charge in [0.1, 0.15) is 5.75 Å². The predicted molar refractivity (Wildman–Crippen MR) is 92.4 cm³/mol. The smallest absolute Gasteiger partial charge is 0.188 e. The number of hydrogen-bond acceptors (Lipinski definition) is 2. The van der Waals surface area contributed by atoms with Gasteiger partial charge in [0.15, 0.2) is 5.96 Å². The number of ether oxygens (including phenoxy) is 1. The minimum Gasteiger partial charge on any atom is -0.494 e. The molecule has 0 amide bonds. The highest BCUT2D eigenvalue weighted by Crippen LogP contribution is 2.17. The van der Waals surface area contributed by atoms with Crippen LogP contribution in [0.4, 0.5) is 0 Å². The molecule has 1 aliphatic carbocycles. The Kier molecular flexibility index (Phi) is 7.07. The van der Waals surface area contributed by atoms with E-state index in [-0.39, 0.29) is 0 Å². The van der Waals surface area contributed by atoms with Crippen LogP contribution in [0.2, 0.25) is 0 Å². The second kappa shape index (κ2) is 9.34. The molecule has 22 heavy (non-hydrogen) atoms. The predicted octanol–water partition coefficient (Wildman–Crippen LogP) is 3.39. The highest BCUT2D eigenvalue weighted by atomic mass is 16.5. The first-order valence-corrected chi connectivity index (χ1v) is 8.50. The van der Waals surface area contributed by atoms with E-state index >= 15 is 0 Å². The molecule has 122 valence electrons. The molecule has 0 saturated heterocycles. The van der Waals surface area contributed by atoms with Crippen LogP contribution in [0.15, 0.2) is 29.3 Å². The van der Waals surface area contributed by atoms with Crippen LogP contribution in [0.5, 0.6) is 5.75 Å². The SMILES string of the molecule is Cc1ccc(OCCCCN=C(N)NC2CCCCC2)cc1. The van der Waals surface area contributed by atoms with Crippen molar-refractivity contribution in [3.63, 3.8) is 0 Å². The molecule has 1 aliphatic rings. The maximum atomic E-state index is 5.93. The van der Waals surface area contributed by atoms with E-state index in [0.29, 0.717) is 12.0 Å². The van der Waals surface area contributed by atoms with Gasteiger partial charge in [-0.2, -0.15) is 0 Å². The Labute approximate surface area is 134 Å². The van der Waals surface area contributed by atoms with E-state index in [4.69, 9.17) is 10.5 Å². The van der Waals surface area contributed by atoms with Crippen LogP contribution < -0.4 is 15.8 Å². The minimum atomic E-state index is 0.530. The van der Waals surface area contributed by atoms with Crippen LogP contribution in [0.3, 0.4) is 0 Å². The third-order valence-corrected chi connectivity index (χ3v) is 4.08. The van der Waals surface area contributed by atoms with Crippen molar-refractivity contribution < 1.29 is 4.74 Å². The number of aliphatic imine (C=N–C) groups is 1. The van der Waals surface area contributed by atoms with E-state index < -0.39 is 0 Å². The van der Waals surface area contributed by atoms with Crippen molar-refractivity contribution in [2.45, 2.75) is 57.9 Å². The fraction of sp³-hybridized carbons (Fsp3) is 0.611. The number of hydrogen-bond donors (Lipinski definition) is 2. The van der Waals surface area contributed by atoms with Crippen molar-refractivity contribution in [3.05, 3.63) is 29.8 Å². The van der Waals surface area contributed by atoms with Crippen molar-refractivity contribution in [2.75, 3.05) is 13.2 Å². The Balaban J connectivity index is 1.54. The quantitative estimate of drug-likeness (QED) is 0.461. The molecule has 3 N–H and O–H groups in total. The maximum Gasteiger partial charge on any atom is 0.188 e. The van der Waals surface area contributed by atoms with Gasteiger partial charge in [0.25, 0.3) is 0 Å². The zero-order valence-corrected chi connectivity index (χ0v) is 13.7. The normalized spacial score (nSPS) is 16.5. The summed E-state index contributed by atoms with van der Waals surface area (Å²) in [5.41, 5.74) is 7.18. The van der Waals surface area contributed by atoms with Crippen LogP contribution in [-0.4, -0.2) is 25.2 Å². The average molecular weight is 303 g/mol. The molecule has 1 aromatic rings. The molecule has 4 nitrogen and oxygen atoms in total. The monoisotopic (exact) mass is 303 g/mol. The van der Waals surface area contributed by atoms with Gasteiger partial charge in [-0.3, -0.25) is 4.99 Å². The van der Waals surface area contributed by atoms with Crippen LogP contribution in [0.1, 0.15) is 50.5 Å². The van der Waals surface area contributed by atoms with Gasteiger partial charge in [-0.15, -0.1) is 0 Å². The average Bonchev–Trinajstić information content (AvgIpc) is 2.53. The van der Waals surface area contributed by atoms with Crippen LogP contribution in [0.25, 0.3) is 0 Å². The number of rotatable bonds is 7. The number of nitrogens with one attached hydrogen (secondary N) is 1. The van der Waals surface area contributed by atoms with Crippen molar-refractivity contribution in [3.8, 4) is 5.75 Å². The summed E-state index contributed by atoms with van der Waals surface area (Å²) in [7, 11) is 0.